The monoisotopic (exact) mass is 298 g/mol. The molecule has 0 spiro atoms. The highest BCUT2D eigenvalue weighted by Crippen LogP contribution is 2.49. The van der Waals surface area contributed by atoms with Crippen molar-refractivity contribution in [1.82, 2.24) is 0 Å². The molecule has 0 atom stereocenters. The van der Waals surface area contributed by atoms with E-state index < -0.39 is 30.4 Å². The summed E-state index contributed by atoms with van der Waals surface area (Å²) in [6, 6.07) is 2.10. The summed E-state index contributed by atoms with van der Waals surface area (Å²) in [4.78, 5) is 0. The maximum absolute atomic E-state index is 12.6. The number of rotatable bonds is 5. The average Bonchev–Trinajstić information content (AvgIpc) is 2.28. The zero-order valence-electron chi connectivity index (χ0n) is 10.4. The van der Waals surface area contributed by atoms with Crippen molar-refractivity contribution >= 4 is 12.9 Å². The number of benzene rings is 1. The first-order chi connectivity index (χ1) is 8.74. The van der Waals surface area contributed by atoms with Gasteiger partial charge in [-0.15, -0.1) is 0 Å². The average molecular weight is 298 g/mol. The van der Waals surface area contributed by atoms with Crippen molar-refractivity contribution in [3.8, 4) is 5.75 Å². The zero-order chi connectivity index (χ0) is 14.7. The maximum atomic E-state index is 12.6. The van der Waals surface area contributed by atoms with Gasteiger partial charge in [-0.05, 0) is 32.0 Å². The molecule has 4 nitrogen and oxygen atoms in total. The SMILES string of the molecule is CCOP(=O)(OCC)c1cc(C(F)(F)F)ccc1O. The third kappa shape index (κ3) is 3.72. The van der Waals surface area contributed by atoms with Gasteiger partial charge in [0.1, 0.15) is 11.1 Å². The second-order valence-electron chi connectivity index (χ2n) is 3.53. The fourth-order valence-corrected chi connectivity index (χ4v) is 3.12. The fourth-order valence-electron chi connectivity index (χ4n) is 1.44. The van der Waals surface area contributed by atoms with Crippen LogP contribution < -0.4 is 5.30 Å². The Hall–Kier alpha value is -1.04. The van der Waals surface area contributed by atoms with Crippen molar-refractivity contribution in [2.24, 2.45) is 0 Å². The van der Waals surface area contributed by atoms with Crippen molar-refractivity contribution in [3.05, 3.63) is 23.8 Å². The second kappa shape index (κ2) is 5.94. The van der Waals surface area contributed by atoms with E-state index in [1.807, 2.05) is 0 Å². The molecule has 1 aromatic rings. The largest absolute Gasteiger partial charge is 0.507 e. The molecule has 19 heavy (non-hydrogen) atoms. The zero-order valence-corrected chi connectivity index (χ0v) is 11.3. The lowest BCUT2D eigenvalue weighted by atomic mass is 10.2. The normalized spacial score (nSPS) is 12.7. The molecule has 1 aromatic carbocycles. The first-order valence-electron chi connectivity index (χ1n) is 5.54. The van der Waals surface area contributed by atoms with Crippen LogP contribution in [0.1, 0.15) is 19.4 Å². The van der Waals surface area contributed by atoms with Crippen molar-refractivity contribution in [2.75, 3.05) is 13.2 Å². The Balaban J connectivity index is 3.34. The Morgan fingerprint density at radius 3 is 2.16 bits per heavy atom. The summed E-state index contributed by atoms with van der Waals surface area (Å²) in [6.45, 7) is 3.01. The van der Waals surface area contributed by atoms with Crippen LogP contribution in [0.2, 0.25) is 0 Å². The smallest absolute Gasteiger partial charge is 0.416 e. The van der Waals surface area contributed by atoms with Gasteiger partial charge in [0.05, 0.1) is 18.8 Å². The number of alkyl halides is 3. The minimum Gasteiger partial charge on any atom is -0.507 e. The molecule has 0 unspecified atom stereocenters. The van der Waals surface area contributed by atoms with Gasteiger partial charge in [-0.2, -0.15) is 13.2 Å². The molecule has 0 saturated carbocycles. The Bertz CT molecular complexity index is 477. The van der Waals surface area contributed by atoms with Gasteiger partial charge < -0.3 is 14.2 Å². The summed E-state index contributed by atoms with van der Waals surface area (Å²) in [5.74, 6) is -0.557. The van der Waals surface area contributed by atoms with Crippen LogP contribution in [-0.4, -0.2) is 18.3 Å². The molecule has 108 valence electrons. The molecular weight excluding hydrogens is 284 g/mol. The third-order valence-corrected chi connectivity index (χ3v) is 4.34. The van der Waals surface area contributed by atoms with Gasteiger partial charge in [0, 0.05) is 0 Å². The highest BCUT2D eigenvalue weighted by Gasteiger charge is 2.36. The molecule has 0 aliphatic rings. The van der Waals surface area contributed by atoms with E-state index in [9.17, 15) is 22.8 Å². The molecule has 8 heteroatoms. The van der Waals surface area contributed by atoms with Crippen LogP contribution in [0.25, 0.3) is 0 Å². The Morgan fingerprint density at radius 1 is 1.21 bits per heavy atom. The molecule has 0 aliphatic heterocycles. The van der Waals surface area contributed by atoms with Gasteiger partial charge in [0.15, 0.2) is 0 Å². The fraction of sp³-hybridized carbons (Fsp3) is 0.455. The van der Waals surface area contributed by atoms with Gasteiger partial charge in [-0.3, -0.25) is 4.57 Å². The van der Waals surface area contributed by atoms with Crippen LogP contribution in [0.3, 0.4) is 0 Å². The number of aromatic hydroxyl groups is 1. The molecule has 0 heterocycles. The van der Waals surface area contributed by atoms with Crippen molar-refractivity contribution in [3.63, 3.8) is 0 Å². The van der Waals surface area contributed by atoms with E-state index in [0.29, 0.717) is 12.1 Å². The van der Waals surface area contributed by atoms with Gasteiger partial charge >= 0.3 is 13.8 Å². The first kappa shape index (κ1) is 16.0. The quantitative estimate of drug-likeness (QED) is 0.847. The minimum absolute atomic E-state index is 0.0209. The molecule has 1 N–H and O–H groups in total. The second-order valence-corrected chi connectivity index (χ2v) is 5.53. The van der Waals surface area contributed by atoms with Crippen LogP contribution in [-0.2, 0) is 19.8 Å². The lowest BCUT2D eigenvalue weighted by molar-refractivity contribution is -0.137. The van der Waals surface area contributed by atoms with Crippen LogP contribution in [0.4, 0.5) is 13.2 Å². The molecule has 0 aliphatic carbocycles. The number of halogens is 3. The van der Waals surface area contributed by atoms with Gasteiger partial charge in [-0.25, -0.2) is 0 Å². The van der Waals surface area contributed by atoms with Gasteiger partial charge in [0.25, 0.3) is 0 Å². The minimum atomic E-state index is -4.61. The maximum Gasteiger partial charge on any atom is 0.416 e. The topological polar surface area (TPSA) is 55.8 Å². The van der Waals surface area contributed by atoms with E-state index in [1.54, 1.807) is 0 Å². The molecule has 0 aromatic heterocycles. The summed E-state index contributed by atoms with van der Waals surface area (Å²) in [5.41, 5.74) is -1.03. The van der Waals surface area contributed by atoms with E-state index in [2.05, 4.69) is 0 Å². The molecule has 0 bridgehead atoms. The van der Waals surface area contributed by atoms with Crippen molar-refractivity contribution in [1.29, 1.82) is 0 Å². The van der Waals surface area contributed by atoms with Crippen LogP contribution >= 0.6 is 7.60 Å². The highest BCUT2D eigenvalue weighted by atomic mass is 31.2. The Labute approximate surface area is 108 Å². The summed E-state index contributed by atoms with van der Waals surface area (Å²) in [7, 11) is -3.96. The van der Waals surface area contributed by atoms with E-state index in [1.165, 1.54) is 13.8 Å². The van der Waals surface area contributed by atoms with Crippen LogP contribution in [0.5, 0.6) is 5.75 Å². The van der Waals surface area contributed by atoms with E-state index in [0.717, 1.165) is 6.07 Å². The van der Waals surface area contributed by atoms with E-state index >= 15 is 0 Å². The lowest BCUT2D eigenvalue weighted by Crippen LogP contribution is -2.15. The van der Waals surface area contributed by atoms with E-state index in [-0.39, 0.29) is 13.2 Å². The summed E-state index contributed by atoms with van der Waals surface area (Å²) in [6.07, 6.45) is -4.61. The van der Waals surface area contributed by atoms with Crippen molar-refractivity contribution < 1.29 is 31.9 Å². The molecule has 0 saturated heterocycles. The number of hydrogen-bond donors (Lipinski definition) is 1. The first-order valence-corrected chi connectivity index (χ1v) is 7.08. The molecule has 0 amide bonds. The molecule has 1 rings (SSSR count). The molecular formula is C11H14F3O4P. The predicted molar refractivity (Wildman–Crippen MR) is 63.6 cm³/mol. The summed E-state index contributed by atoms with van der Waals surface area (Å²) < 4.78 is 60.0. The van der Waals surface area contributed by atoms with Crippen LogP contribution in [0, 0.1) is 0 Å². The van der Waals surface area contributed by atoms with Gasteiger partial charge in [-0.1, -0.05) is 0 Å². The Morgan fingerprint density at radius 2 is 1.74 bits per heavy atom. The number of hydrogen-bond acceptors (Lipinski definition) is 4. The summed E-state index contributed by atoms with van der Waals surface area (Å²) in [5, 5.41) is 9.11. The standard InChI is InChI=1S/C11H14F3O4P/c1-3-17-19(16,18-4-2)10-7-8(11(12,13)14)5-6-9(10)15/h5-7,15H,3-4H2,1-2H3. The summed E-state index contributed by atoms with van der Waals surface area (Å²) >= 11 is 0. The molecule has 0 fully saturated rings. The number of phenols is 1. The van der Waals surface area contributed by atoms with Gasteiger partial charge in [0.2, 0.25) is 0 Å². The lowest BCUT2D eigenvalue weighted by Gasteiger charge is -2.19. The van der Waals surface area contributed by atoms with Crippen molar-refractivity contribution in [2.45, 2.75) is 20.0 Å². The number of phenolic OH excluding ortho intramolecular Hbond substituents is 1. The molecule has 0 radical (unpaired) electrons. The van der Waals surface area contributed by atoms with Crippen LogP contribution in [0.15, 0.2) is 18.2 Å². The Kier molecular flexibility index (Phi) is 5.01. The highest BCUT2D eigenvalue weighted by molar-refractivity contribution is 7.62. The third-order valence-electron chi connectivity index (χ3n) is 2.20. The van der Waals surface area contributed by atoms with E-state index in [4.69, 9.17) is 9.05 Å². The predicted octanol–water partition coefficient (Wildman–Crippen LogP) is 3.30.